The number of aliphatic hydroxyl groups is 1. The molecule has 8 heteroatoms. The second kappa shape index (κ2) is 10.7. The third-order valence-corrected chi connectivity index (χ3v) is 5.64. The van der Waals surface area contributed by atoms with Gasteiger partial charge in [-0.2, -0.15) is 0 Å². The topological polar surface area (TPSA) is 108 Å². The molecule has 2 amide bonds. The lowest BCUT2D eigenvalue weighted by atomic mass is 10.0. The summed E-state index contributed by atoms with van der Waals surface area (Å²) in [6, 6.07) is 8.28. The summed E-state index contributed by atoms with van der Waals surface area (Å²) in [7, 11) is 0. The molecule has 0 saturated carbocycles. The van der Waals surface area contributed by atoms with Crippen molar-refractivity contribution in [3.63, 3.8) is 0 Å². The number of likely N-dealkylation sites (tertiary alicyclic amines) is 1. The Morgan fingerprint density at radius 3 is 2.66 bits per heavy atom. The normalized spacial score (nSPS) is 22.3. The van der Waals surface area contributed by atoms with Crippen LogP contribution in [-0.2, 0) is 20.7 Å². The SMILES string of the molecule is N[C@@H](Cc1ccccc1)C(O)C(=O)N1CCC[C@H]1C(=O)NCCN1CCOCC1. The Hall–Kier alpha value is -2.00. The van der Waals surface area contributed by atoms with Gasteiger partial charge in [0.1, 0.15) is 12.1 Å². The number of aliphatic hydroxyl groups excluding tert-OH is 1. The van der Waals surface area contributed by atoms with Crippen molar-refractivity contribution in [2.75, 3.05) is 45.9 Å². The van der Waals surface area contributed by atoms with Gasteiger partial charge in [0, 0.05) is 38.8 Å². The minimum Gasteiger partial charge on any atom is -0.382 e. The first-order valence-corrected chi connectivity index (χ1v) is 10.4. The number of nitrogens with zero attached hydrogens (tertiary/aromatic N) is 2. The highest BCUT2D eigenvalue weighted by atomic mass is 16.5. The molecule has 2 aliphatic heterocycles. The van der Waals surface area contributed by atoms with E-state index in [0.29, 0.717) is 25.9 Å². The molecule has 1 unspecified atom stereocenters. The highest BCUT2D eigenvalue weighted by Crippen LogP contribution is 2.19. The van der Waals surface area contributed by atoms with Gasteiger partial charge in [-0.1, -0.05) is 30.3 Å². The van der Waals surface area contributed by atoms with Crippen molar-refractivity contribution in [2.24, 2.45) is 5.73 Å². The molecular formula is C21H32N4O4. The predicted octanol–water partition coefficient (Wildman–Crippen LogP) is -0.643. The average Bonchev–Trinajstić information content (AvgIpc) is 3.24. The molecule has 29 heavy (non-hydrogen) atoms. The van der Waals surface area contributed by atoms with Gasteiger partial charge in [0.15, 0.2) is 0 Å². The molecule has 0 spiro atoms. The van der Waals surface area contributed by atoms with Crippen LogP contribution in [0.4, 0.5) is 0 Å². The average molecular weight is 405 g/mol. The summed E-state index contributed by atoms with van der Waals surface area (Å²) in [6.07, 6.45) is 0.429. The lowest BCUT2D eigenvalue weighted by Gasteiger charge is -2.29. The van der Waals surface area contributed by atoms with Gasteiger partial charge in [0.25, 0.3) is 5.91 Å². The Balaban J connectivity index is 1.48. The quantitative estimate of drug-likeness (QED) is 0.532. The highest BCUT2D eigenvalue weighted by molar-refractivity contribution is 5.90. The van der Waals surface area contributed by atoms with Gasteiger partial charge >= 0.3 is 0 Å². The van der Waals surface area contributed by atoms with Crippen LogP contribution in [-0.4, -0.2) is 90.8 Å². The van der Waals surface area contributed by atoms with Crippen LogP contribution in [0.5, 0.6) is 0 Å². The number of carbonyl (C=O) groups excluding carboxylic acids is 2. The molecule has 3 rings (SSSR count). The Morgan fingerprint density at radius 1 is 1.21 bits per heavy atom. The zero-order valence-electron chi connectivity index (χ0n) is 16.8. The molecule has 8 nitrogen and oxygen atoms in total. The largest absolute Gasteiger partial charge is 0.382 e. The lowest BCUT2D eigenvalue weighted by molar-refractivity contribution is -0.146. The van der Waals surface area contributed by atoms with Crippen molar-refractivity contribution >= 4 is 11.8 Å². The molecule has 1 aromatic carbocycles. The minimum atomic E-state index is -1.32. The van der Waals surface area contributed by atoms with Crippen LogP contribution in [0.2, 0.25) is 0 Å². The van der Waals surface area contributed by atoms with E-state index in [1.54, 1.807) is 0 Å². The highest BCUT2D eigenvalue weighted by Gasteiger charge is 2.38. The molecule has 0 radical (unpaired) electrons. The van der Waals surface area contributed by atoms with E-state index < -0.39 is 24.1 Å². The summed E-state index contributed by atoms with van der Waals surface area (Å²) in [5, 5.41) is 13.4. The van der Waals surface area contributed by atoms with E-state index in [1.807, 2.05) is 30.3 Å². The third-order valence-electron chi connectivity index (χ3n) is 5.64. The van der Waals surface area contributed by atoms with Gasteiger partial charge in [-0.25, -0.2) is 0 Å². The number of ether oxygens (including phenoxy) is 1. The fourth-order valence-corrected chi connectivity index (χ4v) is 3.93. The number of morpholine rings is 1. The number of benzene rings is 1. The predicted molar refractivity (Wildman–Crippen MR) is 109 cm³/mol. The maximum absolute atomic E-state index is 12.8. The maximum atomic E-state index is 12.8. The summed E-state index contributed by atoms with van der Waals surface area (Å²) in [5.74, 6) is -0.618. The van der Waals surface area contributed by atoms with E-state index in [-0.39, 0.29) is 5.91 Å². The van der Waals surface area contributed by atoms with E-state index in [0.717, 1.165) is 44.8 Å². The Labute approximate surface area is 172 Å². The molecule has 2 saturated heterocycles. The molecule has 0 aromatic heterocycles. The number of carbonyl (C=O) groups is 2. The molecule has 3 atom stereocenters. The van der Waals surface area contributed by atoms with Gasteiger partial charge in [-0.05, 0) is 24.8 Å². The van der Waals surface area contributed by atoms with E-state index in [9.17, 15) is 14.7 Å². The van der Waals surface area contributed by atoms with Crippen LogP contribution in [0.1, 0.15) is 18.4 Å². The van der Waals surface area contributed by atoms with Crippen LogP contribution >= 0.6 is 0 Å². The smallest absolute Gasteiger partial charge is 0.253 e. The first-order valence-electron chi connectivity index (χ1n) is 10.4. The van der Waals surface area contributed by atoms with Gasteiger partial charge in [0.05, 0.1) is 13.2 Å². The minimum absolute atomic E-state index is 0.159. The van der Waals surface area contributed by atoms with Crippen molar-refractivity contribution in [3.05, 3.63) is 35.9 Å². The zero-order valence-corrected chi connectivity index (χ0v) is 16.8. The molecule has 1 aromatic rings. The van der Waals surface area contributed by atoms with Gasteiger partial charge in [0.2, 0.25) is 5.91 Å². The molecule has 0 bridgehead atoms. The number of amides is 2. The standard InChI is InChI=1S/C21H32N4O4/c22-17(15-16-5-2-1-3-6-16)19(26)21(28)25-9-4-7-18(25)20(27)23-8-10-24-11-13-29-14-12-24/h1-3,5-6,17-19,26H,4,7-15,22H2,(H,23,27)/t17-,18-,19?/m0/s1. The molecule has 0 aliphatic carbocycles. The molecule has 2 heterocycles. The van der Waals surface area contributed by atoms with Crippen molar-refractivity contribution in [1.29, 1.82) is 0 Å². The van der Waals surface area contributed by atoms with Gasteiger partial charge in [-0.3, -0.25) is 14.5 Å². The van der Waals surface area contributed by atoms with E-state index in [4.69, 9.17) is 10.5 Å². The summed E-state index contributed by atoms with van der Waals surface area (Å²) in [6.45, 7) is 4.95. The fourth-order valence-electron chi connectivity index (χ4n) is 3.93. The monoisotopic (exact) mass is 404 g/mol. The molecule has 2 fully saturated rings. The summed E-state index contributed by atoms with van der Waals surface area (Å²) < 4.78 is 5.32. The maximum Gasteiger partial charge on any atom is 0.253 e. The van der Waals surface area contributed by atoms with Gasteiger partial charge in [-0.15, -0.1) is 0 Å². The lowest BCUT2D eigenvalue weighted by Crippen LogP contribution is -2.54. The van der Waals surface area contributed by atoms with Gasteiger partial charge < -0.3 is 25.8 Å². The number of hydrogen-bond donors (Lipinski definition) is 3. The van der Waals surface area contributed by atoms with Crippen LogP contribution in [0.15, 0.2) is 30.3 Å². The number of hydrogen-bond acceptors (Lipinski definition) is 6. The van der Waals surface area contributed by atoms with E-state index >= 15 is 0 Å². The second-order valence-electron chi connectivity index (χ2n) is 7.73. The van der Waals surface area contributed by atoms with Crippen LogP contribution in [0.25, 0.3) is 0 Å². The fraction of sp³-hybridized carbons (Fsp3) is 0.619. The molecule has 160 valence electrons. The number of nitrogens with one attached hydrogen (secondary N) is 1. The molecular weight excluding hydrogens is 372 g/mol. The Morgan fingerprint density at radius 2 is 1.93 bits per heavy atom. The Bertz CT molecular complexity index is 666. The molecule has 2 aliphatic rings. The van der Waals surface area contributed by atoms with Crippen LogP contribution in [0.3, 0.4) is 0 Å². The number of nitrogens with two attached hydrogens (primary N) is 1. The third kappa shape index (κ3) is 5.99. The first-order chi connectivity index (χ1) is 14.1. The summed E-state index contributed by atoms with van der Waals surface area (Å²) >= 11 is 0. The van der Waals surface area contributed by atoms with Crippen LogP contribution < -0.4 is 11.1 Å². The summed E-state index contributed by atoms with van der Waals surface area (Å²) in [5.41, 5.74) is 7.05. The van der Waals surface area contributed by atoms with Crippen molar-refractivity contribution in [3.8, 4) is 0 Å². The Kier molecular flexibility index (Phi) is 8.00. The first kappa shape index (κ1) is 21.7. The second-order valence-corrected chi connectivity index (χ2v) is 7.73. The number of rotatable bonds is 8. The zero-order chi connectivity index (χ0) is 20.6. The van der Waals surface area contributed by atoms with Crippen molar-refractivity contribution in [1.82, 2.24) is 15.1 Å². The van der Waals surface area contributed by atoms with E-state index in [2.05, 4.69) is 10.2 Å². The summed E-state index contributed by atoms with van der Waals surface area (Å²) in [4.78, 5) is 29.2. The van der Waals surface area contributed by atoms with Crippen molar-refractivity contribution < 1.29 is 19.4 Å². The van der Waals surface area contributed by atoms with E-state index in [1.165, 1.54) is 4.90 Å². The molecule has 4 N–H and O–H groups in total. The van der Waals surface area contributed by atoms with Crippen LogP contribution in [0, 0.1) is 0 Å². The van der Waals surface area contributed by atoms with Crippen molar-refractivity contribution in [2.45, 2.75) is 37.5 Å².